The molecule has 3 aromatic rings. The lowest BCUT2D eigenvalue weighted by molar-refractivity contribution is 0.0937. The van der Waals surface area contributed by atoms with Crippen molar-refractivity contribution < 1.29 is 23.5 Å². The van der Waals surface area contributed by atoms with Gasteiger partial charge in [-0.2, -0.15) is 0 Å². The van der Waals surface area contributed by atoms with Crippen molar-refractivity contribution >= 4 is 23.4 Å². The number of rotatable bonds is 6. The van der Waals surface area contributed by atoms with E-state index in [1.165, 1.54) is 43.3 Å². The third-order valence-corrected chi connectivity index (χ3v) is 4.26. The molecule has 0 aliphatic rings. The number of carbonyl (C=O) groups is 3. The second-order valence-electron chi connectivity index (χ2n) is 6.08. The first-order chi connectivity index (χ1) is 14.4. The summed E-state index contributed by atoms with van der Waals surface area (Å²) in [6, 6.07) is 10.4. The Balaban J connectivity index is 1.87. The summed E-state index contributed by atoms with van der Waals surface area (Å²) < 4.78 is 20.1. The molecule has 0 spiro atoms. The van der Waals surface area contributed by atoms with E-state index in [1.807, 2.05) is 0 Å². The Morgan fingerprint density at radius 1 is 1.10 bits per heavy atom. The Kier molecular flexibility index (Phi) is 5.77. The number of amides is 3. The maximum absolute atomic E-state index is 13.8. The number of primary amides is 1. The molecule has 4 N–H and O–H groups in total. The average Bonchev–Trinajstić information content (AvgIpc) is 3.19. The number of anilines is 1. The van der Waals surface area contributed by atoms with E-state index in [-0.39, 0.29) is 22.7 Å². The lowest BCUT2D eigenvalue weighted by Gasteiger charge is -2.11. The third kappa shape index (κ3) is 3.83. The van der Waals surface area contributed by atoms with Crippen molar-refractivity contribution in [2.45, 2.75) is 0 Å². The molecule has 154 valence electrons. The fourth-order valence-corrected chi connectivity index (χ4v) is 2.86. The molecule has 0 saturated carbocycles. The van der Waals surface area contributed by atoms with Crippen LogP contribution in [0.1, 0.15) is 31.3 Å². The lowest BCUT2D eigenvalue weighted by atomic mass is 10.1. The van der Waals surface area contributed by atoms with Crippen molar-refractivity contribution in [3.05, 3.63) is 71.6 Å². The van der Waals surface area contributed by atoms with Gasteiger partial charge in [-0.1, -0.05) is 6.07 Å². The number of nitrogens with two attached hydrogens (primary N) is 1. The predicted molar refractivity (Wildman–Crippen MR) is 106 cm³/mol. The molecule has 0 saturated heterocycles. The number of ether oxygens (including phenoxy) is 1. The summed E-state index contributed by atoms with van der Waals surface area (Å²) in [6.45, 7) is 0. The van der Waals surface area contributed by atoms with E-state index in [1.54, 1.807) is 24.3 Å². The van der Waals surface area contributed by atoms with E-state index >= 15 is 0 Å². The minimum atomic E-state index is -0.818. The highest BCUT2D eigenvalue weighted by Crippen LogP contribution is 2.24. The van der Waals surface area contributed by atoms with Crippen LogP contribution >= 0.6 is 0 Å². The standard InChI is InChI=1S/C20H18FN5O4/c1-23-20(29)15-16(18(22)27)26(10-24-15)12-8-6-11(7-9-12)25-19(28)13-4-3-5-14(21)17(13)30-2/h3-10H,1-2H3,(H2,22,27)(H,23,29)(H,25,28). The number of hydrogen-bond donors (Lipinski definition) is 3. The molecule has 1 aromatic heterocycles. The number of benzene rings is 2. The van der Waals surface area contributed by atoms with Gasteiger partial charge < -0.3 is 21.1 Å². The number of carbonyl (C=O) groups excluding carboxylic acids is 3. The molecule has 1 heterocycles. The lowest BCUT2D eigenvalue weighted by Crippen LogP contribution is -2.25. The zero-order valence-corrected chi connectivity index (χ0v) is 16.1. The molecule has 2 aromatic carbocycles. The third-order valence-electron chi connectivity index (χ3n) is 4.26. The summed E-state index contributed by atoms with van der Waals surface area (Å²) >= 11 is 0. The van der Waals surface area contributed by atoms with Gasteiger partial charge in [-0.15, -0.1) is 0 Å². The summed E-state index contributed by atoms with van der Waals surface area (Å²) in [5, 5.41) is 5.04. The van der Waals surface area contributed by atoms with Crippen molar-refractivity contribution in [3.63, 3.8) is 0 Å². The zero-order valence-electron chi connectivity index (χ0n) is 16.1. The van der Waals surface area contributed by atoms with Gasteiger partial charge in [-0.3, -0.25) is 19.0 Å². The minimum absolute atomic E-state index is 0.0439. The highest BCUT2D eigenvalue weighted by molar-refractivity contribution is 6.06. The normalized spacial score (nSPS) is 10.4. The molecular formula is C20H18FN5O4. The van der Waals surface area contributed by atoms with Crippen LogP contribution in [-0.4, -0.2) is 41.4 Å². The first kappa shape index (κ1) is 20.5. The SMILES string of the molecule is CNC(=O)c1ncn(-c2ccc(NC(=O)c3cccc(F)c3OC)cc2)c1C(N)=O. The smallest absolute Gasteiger partial charge is 0.272 e. The number of aromatic nitrogens is 2. The quantitative estimate of drug-likeness (QED) is 0.569. The van der Waals surface area contributed by atoms with Crippen molar-refractivity contribution in [3.8, 4) is 11.4 Å². The largest absolute Gasteiger partial charge is 0.493 e. The predicted octanol–water partition coefficient (Wildman–Crippen LogP) is 1.73. The Morgan fingerprint density at radius 3 is 2.40 bits per heavy atom. The molecule has 0 bridgehead atoms. The van der Waals surface area contributed by atoms with Crippen molar-refractivity contribution in [1.29, 1.82) is 0 Å². The summed E-state index contributed by atoms with van der Waals surface area (Å²) in [6.07, 6.45) is 1.30. The molecular weight excluding hydrogens is 393 g/mol. The van der Waals surface area contributed by atoms with E-state index < -0.39 is 23.5 Å². The van der Waals surface area contributed by atoms with Crippen LogP contribution in [0, 0.1) is 5.82 Å². The Morgan fingerprint density at radius 2 is 1.80 bits per heavy atom. The van der Waals surface area contributed by atoms with Gasteiger partial charge in [0.1, 0.15) is 12.0 Å². The second-order valence-corrected chi connectivity index (χ2v) is 6.08. The van der Waals surface area contributed by atoms with Gasteiger partial charge in [-0.05, 0) is 36.4 Å². The Bertz CT molecular complexity index is 1120. The van der Waals surface area contributed by atoms with Gasteiger partial charge in [0, 0.05) is 18.4 Å². The van der Waals surface area contributed by atoms with Gasteiger partial charge in [0.2, 0.25) is 0 Å². The summed E-state index contributed by atoms with van der Waals surface area (Å²) in [5.41, 5.74) is 6.20. The van der Waals surface area contributed by atoms with Crippen LogP contribution in [0.25, 0.3) is 5.69 Å². The first-order valence-corrected chi connectivity index (χ1v) is 8.71. The van der Waals surface area contributed by atoms with Crippen molar-refractivity contribution in [1.82, 2.24) is 14.9 Å². The molecule has 0 atom stereocenters. The molecule has 0 radical (unpaired) electrons. The van der Waals surface area contributed by atoms with Crippen molar-refractivity contribution in [2.24, 2.45) is 5.73 Å². The molecule has 0 aliphatic heterocycles. The average molecular weight is 411 g/mol. The van der Waals surface area contributed by atoms with E-state index in [4.69, 9.17) is 10.5 Å². The monoisotopic (exact) mass is 411 g/mol. The molecule has 30 heavy (non-hydrogen) atoms. The van der Waals surface area contributed by atoms with Crippen molar-refractivity contribution in [2.75, 3.05) is 19.5 Å². The Hall–Kier alpha value is -4.21. The van der Waals surface area contributed by atoms with E-state index in [0.717, 1.165) is 0 Å². The minimum Gasteiger partial charge on any atom is -0.493 e. The number of para-hydroxylation sites is 1. The molecule has 0 aliphatic carbocycles. The van der Waals surface area contributed by atoms with E-state index in [0.29, 0.717) is 11.4 Å². The van der Waals surface area contributed by atoms with Gasteiger partial charge in [0.05, 0.1) is 12.7 Å². The second kappa shape index (κ2) is 8.43. The van der Waals surface area contributed by atoms with Gasteiger partial charge in [-0.25, -0.2) is 9.37 Å². The van der Waals surface area contributed by atoms with Crippen LogP contribution in [0.15, 0.2) is 48.8 Å². The van der Waals surface area contributed by atoms with Gasteiger partial charge in [0.25, 0.3) is 17.7 Å². The maximum atomic E-state index is 13.8. The molecule has 3 rings (SSSR count). The molecule has 9 nitrogen and oxygen atoms in total. The summed E-state index contributed by atoms with van der Waals surface area (Å²) in [7, 11) is 2.69. The van der Waals surface area contributed by atoms with Crippen LogP contribution in [-0.2, 0) is 0 Å². The highest BCUT2D eigenvalue weighted by atomic mass is 19.1. The summed E-state index contributed by atoms with van der Waals surface area (Å²) in [4.78, 5) is 40.2. The van der Waals surface area contributed by atoms with Crippen LogP contribution in [0.4, 0.5) is 10.1 Å². The number of halogens is 1. The van der Waals surface area contributed by atoms with Gasteiger partial charge in [0.15, 0.2) is 17.3 Å². The number of hydrogen-bond acceptors (Lipinski definition) is 5. The fourth-order valence-electron chi connectivity index (χ4n) is 2.86. The highest BCUT2D eigenvalue weighted by Gasteiger charge is 2.22. The molecule has 3 amide bonds. The number of imidazole rings is 1. The topological polar surface area (TPSA) is 128 Å². The van der Waals surface area contributed by atoms with Crippen LogP contribution in [0.3, 0.4) is 0 Å². The number of nitrogens with one attached hydrogen (secondary N) is 2. The number of nitrogens with zero attached hydrogens (tertiary/aromatic N) is 2. The van der Waals surface area contributed by atoms with E-state index in [9.17, 15) is 18.8 Å². The van der Waals surface area contributed by atoms with E-state index in [2.05, 4.69) is 15.6 Å². The molecule has 0 unspecified atom stereocenters. The fraction of sp³-hybridized carbons (Fsp3) is 0.100. The zero-order chi connectivity index (χ0) is 21.8. The van der Waals surface area contributed by atoms with Crippen LogP contribution in [0.2, 0.25) is 0 Å². The maximum Gasteiger partial charge on any atom is 0.272 e. The Labute approximate surface area is 170 Å². The van der Waals surface area contributed by atoms with Crippen LogP contribution in [0.5, 0.6) is 5.75 Å². The molecule has 0 fully saturated rings. The van der Waals surface area contributed by atoms with Crippen LogP contribution < -0.4 is 21.1 Å². The summed E-state index contributed by atoms with van der Waals surface area (Å²) in [5.74, 6) is -2.72. The molecule has 10 heteroatoms. The van der Waals surface area contributed by atoms with Gasteiger partial charge >= 0.3 is 0 Å². The number of methoxy groups -OCH3 is 1. The first-order valence-electron chi connectivity index (χ1n) is 8.71.